The molecule has 2 rings (SSSR count). The van der Waals surface area contributed by atoms with Crippen molar-refractivity contribution in [3.8, 4) is 5.75 Å². The molecule has 6 nitrogen and oxygen atoms in total. The first kappa shape index (κ1) is 15.1. The van der Waals surface area contributed by atoms with Crippen molar-refractivity contribution in [2.75, 3.05) is 11.9 Å². The lowest BCUT2D eigenvalue weighted by atomic mass is 10.2. The van der Waals surface area contributed by atoms with E-state index in [4.69, 9.17) is 10.5 Å². The summed E-state index contributed by atoms with van der Waals surface area (Å²) in [7, 11) is 1.92. The van der Waals surface area contributed by atoms with Gasteiger partial charge in [0.25, 0.3) is 0 Å². The molecule has 0 saturated heterocycles. The second-order valence-electron chi connectivity index (χ2n) is 4.71. The maximum absolute atomic E-state index is 11.6. The third-order valence-electron chi connectivity index (χ3n) is 3.03. The highest BCUT2D eigenvalue weighted by Gasteiger charge is 2.03. The third kappa shape index (κ3) is 4.61. The Kier molecular flexibility index (Phi) is 5.34. The van der Waals surface area contributed by atoms with Crippen LogP contribution in [-0.2, 0) is 18.4 Å². The first-order valence-corrected chi connectivity index (χ1v) is 6.88. The molecular weight excluding hydrogens is 268 g/mol. The Hall–Kier alpha value is -2.34. The van der Waals surface area contributed by atoms with Gasteiger partial charge in [0.1, 0.15) is 18.2 Å². The van der Waals surface area contributed by atoms with Crippen LogP contribution in [0.3, 0.4) is 0 Å². The average molecular weight is 288 g/mol. The van der Waals surface area contributed by atoms with Crippen molar-refractivity contribution in [3.63, 3.8) is 0 Å². The Morgan fingerprint density at radius 2 is 2.14 bits per heavy atom. The number of benzene rings is 1. The second kappa shape index (κ2) is 7.44. The monoisotopic (exact) mass is 288 g/mol. The van der Waals surface area contributed by atoms with E-state index in [2.05, 4.69) is 10.3 Å². The van der Waals surface area contributed by atoms with E-state index in [0.717, 1.165) is 17.3 Å². The topological polar surface area (TPSA) is 82.2 Å². The number of rotatable bonds is 7. The van der Waals surface area contributed by atoms with Crippen LogP contribution in [0.4, 0.5) is 5.69 Å². The smallest absolute Gasteiger partial charge is 0.224 e. The van der Waals surface area contributed by atoms with Crippen molar-refractivity contribution < 1.29 is 9.53 Å². The average Bonchev–Trinajstić information content (AvgIpc) is 2.90. The molecular formula is C15H20N4O2. The van der Waals surface area contributed by atoms with Crippen molar-refractivity contribution in [1.29, 1.82) is 0 Å². The fourth-order valence-electron chi connectivity index (χ4n) is 1.80. The number of amides is 1. The van der Waals surface area contributed by atoms with E-state index in [9.17, 15) is 4.79 Å². The van der Waals surface area contributed by atoms with Crippen molar-refractivity contribution in [3.05, 3.63) is 42.5 Å². The van der Waals surface area contributed by atoms with Gasteiger partial charge in [0.2, 0.25) is 5.91 Å². The first-order valence-electron chi connectivity index (χ1n) is 6.88. The van der Waals surface area contributed by atoms with Gasteiger partial charge in [0.05, 0.1) is 0 Å². The van der Waals surface area contributed by atoms with E-state index in [1.54, 1.807) is 6.20 Å². The Bertz CT molecular complexity index is 578. The maximum atomic E-state index is 11.6. The Morgan fingerprint density at radius 3 is 2.76 bits per heavy atom. The molecule has 1 heterocycles. The van der Waals surface area contributed by atoms with Crippen molar-refractivity contribution in [1.82, 2.24) is 9.55 Å². The zero-order chi connectivity index (χ0) is 15.1. The van der Waals surface area contributed by atoms with Crippen LogP contribution >= 0.6 is 0 Å². The molecule has 1 aromatic carbocycles. The van der Waals surface area contributed by atoms with Crippen LogP contribution in [0.1, 0.15) is 18.7 Å². The number of nitrogens with zero attached hydrogens (tertiary/aromatic N) is 2. The summed E-state index contributed by atoms with van der Waals surface area (Å²) in [6.45, 7) is 0.930. The van der Waals surface area contributed by atoms with E-state index in [1.165, 1.54) is 0 Å². The Morgan fingerprint density at radius 1 is 1.38 bits per heavy atom. The highest BCUT2D eigenvalue weighted by molar-refractivity contribution is 5.90. The van der Waals surface area contributed by atoms with Crippen LogP contribution in [0.25, 0.3) is 0 Å². The normalized spacial score (nSPS) is 10.4. The molecule has 1 aromatic heterocycles. The van der Waals surface area contributed by atoms with E-state index < -0.39 is 0 Å². The summed E-state index contributed by atoms with van der Waals surface area (Å²) < 4.78 is 7.55. The molecule has 6 heteroatoms. The predicted octanol–water partition coefficient (Wildman–Crippen LogP) is 1.68. The summed E-state index contributed by atoms with van der Waals surface area (Å²) in [5, 5.41) is 2.82. The molecule has 3 N–H and O–H groups in total. The van der Waals surface area contributed by atoms with Crippen LogP contribution in [-0.4, -0.2) is 22.0 Å². The number of aromatic nitrogens is 2. The van der Waals surface area contributed by atoms with E-state index >= 15 is 0 Å². The van der Waals surface area contributed by atoms with E-state index in [-0.39, 0.29) is 5.91 Å². The molecule has 112 valence electrons. The first-order chi connectivity index (χ1) is 10.2. The fourth-order valence-corrected chi connectivity index (χ4v) is 1.80. The lowest BCUT2D eigenvalue weighted by Crippen LogP contribution is -2.13. The quantitative estimate of drug-likeness (QED) is 0.812. The van der Waals surface area contributed by atoms with E-state index in [1.807, 2.05) is 42.1 Å². The third-order valence-corrected chi connectivity index (χ3v) is 3.03. The summed E-state index contributed by atoms with van der Waals surface area (Å²) in [5.41, 5.74) is 6.12. The number of carbonyl (C=O) groups is 1. The lowest BCUT2D eigenvalue weighted by molar-refractivity contribution is -0.116. The number of aryl methyl sites for hydroxylation is 1. The highest BCUT2D eigenvalue weighted by atomic mass is 16.5. The number of nitrogens with two attached hydrogens (primary N) is 1. The molecule has 0 radical (unpaired) electrons. The molecule has 0 bridgehead atoms. The lowest BCUT2D eigenvalue weighted by Gasteiger charge is -2.08. The van der Waals surface area contributed by atoms with Crippen LogP contribution in [0, 0.1) is 0 Å². The van der Waals surface area contributed by atoms with Crippen LogP contribution in [0.2, 0.25) is 0 Å². The summed E-state index contributed by atoms with van der Waals surface area (Å²) in [4.78, 5) is 15.8. The molecule has 0 aliphatic rings. The number of ether oxygens (including phenoxy) is 1. The van der Waals surface area contributed by atoms with Gasteiger partial charge in [-0.05, 0) is 37.2 Å². The number of carbonyl (C=O) groups excluding carboxylic acids is 1. The Balaban J connectivity index is 1.84. The molecule has 2 aromatic rings. The van der Waals surface area contributed by atoms with Crippen LogP contribution in [0.15, 0.2) is 36.7 Å². The van der Waals surface area contributed by atoms with Gasteiger partial charge >= 0.3 is 0 Å². The zero-order valence-corrected chi connectivity index (χ0v) is 12.1. The number of hydrogen-bond acceptors (Lipinski definition) is 4. The van der Waals surface area contributed by atoms with Crippen molar-refractivity contribution in [2.45, 2.75) is 19.4 Å². The predicted molar refractivity (Wildman–Crippen MR) is 80.9 cm³/mol. The van der Waals surface area contributed by atoms with Gasteiger partial charge in [0, 0.05) is 31.5 Å². The van der Waals surface area contributed by atoms with Crippen molar-refractivity contribution >= 4 is 11.6 Å². The van der Waals surface area contributed by atoms with Gasteiger partial charge in [-0.25, -0.2) is 4.98 Å². The second-order valence-corrected chi connectivity index (χ2v) is 4.71. The molecule has 0 saturated carbocycles. The van der Waals surface area contributed by atoms with Crippen molar-refractivity contribution in [2.24, 2.45) is 12.8 Å². The number of anilines is 1. The molecule has 1 amide bonds. The minimum atomic E-state index is -0.0258. The minimum absolute atomic E-state index is 0.0258. The zero-order valence-electron chi connectivity index (χ0n) is 12.1. The van der Waals surface area contributed by atoms with Gasteiger partial charge in [-0.3, -0.25) is 4.79 Å². The van der Waals surface area contributed by atoms with Gasteiger partial charge in [-0.1, -0.05) is 0 Å². The number of nitrogens with one attached hydrogen (secondary N) is 1. The molecule has 0 aliphatic heterocycles. The number of imidazole rings is 1. The molecule has 0 spiro atoms. The van der Waals surface area contributed by atoms with Gasteiger partial charge < -0.3 is 20.4 Å². The summed E-state index contributed by atoms with van der Waals surface area (Å²) in [6.07, 6.45) is 4.74. The van der Waals surface area contributed by atoms with Gasteiger partial charge in [-0.2, -0.15) is 0 Å². The minimum Gasteiger partial charge on any atom is -0.486 e. The molecule has 0 atom stereocenters. The number of hydrogen-bond donors (Lipinski definition) is 2. The molecule has 0 aliphatic carbocycles. The Labute approximate surface area is 123 Å². The van der Waals surface area contributed by atoms with Crippen LogP contribution < -0.4 is 15.8 Å². The molecule has 0 fully saturated rings. The van der Waals surface area contributed by atoms with Gasteiger partial charge in [0.15, 0.2) is 0 Å². The molecule has 0 unspecified atom stereocenters. The SMILES string of the molecule is Cn1ccnc1COc1ccc(NC(=O)CCCN)cc1. The summed E-state index contributed by atoms with van der Waals surface area (Å²) in [6, 6.07) is 7.27. The fraction of sp³-hybridized carbons (Fsp3) is 0.333. The summed E-state index contributed by atoms with van der Waals surface area (Å²) in [5.74, 6) is 1.56. The van der Waals surface area contributed by atoms with Crippen LogP contribution in [0.5, 0.6) is 5.75 Å². The summed E-state index contributed by atoms with van der Waals surface area (Å²) >= 11 is 0. The molecule has 21 heavy (non-hydrogen) atoms. The maximum Gasteiger partial charge on any atom is 0.224 e. The largest absolute Gasteiger partial charge is 0.486 e. The standard InChI is InChI=1S/C15H20N4O2/c1-19-10-9-17-14(19)11-21-13-6-4-12(5-7-13)18-15(20)3-2-8-16/h4-7,9-10H,2-3,8,11,16H2,1H3,(H,18,20). The van der Waals surface area contributed by atoms with Gasteiger partial charge in [-0.15, -0.1) is 0 Å². The highest BCUT2D eigenvalue weighted by Crippen LogP contribution is 2.17. The van der Waals surface area contributed by atoms with E-state index in [0.29, 0.717) is 26.0 Å².